The summed E-state index contributed by atoms with van der Waals surface area (Å²) < 4.78 is 24.1. The van der Waals surface area contributed by atoms with Crippen molar-refractivity contribution in [1.82, 2.24) is 0 Å². The van der Waals surface area contributed by atoms with Crippen LogP contribution in [0.15, 0.2) is 29.3 Å². The standard InChI is InChI=1S/C17H21N3O5S2/c1-19(2)11-3-5-12(6-4-11)20-13-9-27(24,25)10-14(13)26-17(20)18-15(21)7-8-16(22)23/h3-6,13-14H,7-10H2,1-2H3,(H,22,23)/t13-,14-/m1/s1. The third-order valence-corrected chi connectivity index (χ3v) is 7.69. The first-order valence-corrected chi connectivity index (χ1v) is 11.1. The number of aliphatic carboxylic acids is 1. The van der Waals surface area contributed by atoms with Crippen molar-refractivity contribution in [2.24, 2.45) is 4.99 Å². The molecule has 2 fully saturated rings. The number of amidine groups is 1. The maximum atomic E-state index is 12.1. The smallest absolute Gasteiger partial charge is 0.303 e. The zero-order chi connectivity index (χ0) is 19.8. The zero-order valence-corrected chi connectivity index (χ0v) is 16.7. The van der Waals surface area contributed by atoms with E-state index in [2.05, 4.69) is 4.99 Å². The molecule has 1 N–H and O–H groups in total. The number of sulfone groups is 1. The lowest BCUT2D eigenvalue weighted by atomic mass is 10.2. The van der Waals surface area contributed by atoms with Crippen molar-refractivity contribution in [3.8, 4) is 0 Å². The van der Waals surface area contributed by atoms with Gasteiger partial charge in [0.15, 0.2) is 15.0 Å². The predicted molar refractivity (Wildman–Crippen MR) is 106 cm³/mol. The fourth-order valence-electron chi connectivity index (χ4n) is 3.15. The van der Waals surface area contributed by atoms with Gasteiger partial charge in [-0.3, -0.25) is 9.59 Å². The van der Waals surface area contributed by atoms with Crippen LogP contribution >= 0.6 is 11.8 Å². The fourth-order valence-corrected chi connectivity index (χ4v) is 7.09. The van der Waals surface area contributed by atoms with Gasteiger partial charge in [-0.25, -0.2) is 8.42 Å². The predicted octanol–water partition coefficient (Wildman–Crippen LogP) is 1.22. The summed E-state index contributed by atoms with van der Waals surface area (Å²) in [5, 5.41) is 8.98. The number of aliphatic imine (C=N–C) groups is 1. The van der Waals surface area contributed by atoms with E-state index in [1.807, 2.05) is 43.3 Å². The lowest BCUT2D eigenvalue weighted by Crippen LogP contribution is -2.37. The van der Waals surface area contributed by atoms with Gasteiger partial charge in [0.1, 0.15) is 0 Å². The van der Waals surface area contributed by atoms with Crippen LogP contribution in [0.3, 0.4) is 0 Å². The molecular weight excluding hydrogens is 390 g/mol. The lowest BCUT2D eigenvalue weighted by Gasteiger charge is -2.25. The molecule has 0 unspecified atom stereocenters. The van der Waals surface area contributed by atoms with Crippen molar-refractivity contribution < 1.29 is 23.1 Å². The van der Waals surface area contributed by atoms with E-state index < -0.39 is 21.7 Å². The Balaban J connectivity index is 1.90. The first-order valence-electron chi connectivity index (χ1n) is 8.43. The van der Waals surface area contributed by atoms with Crippen molar-refractivity contribution in [2.45, 2.75) is 24.1 Å². The summed E-state index contributed by atoms with van der Waals surface area (Å²) in [4.78, 5) is 30.6. The van der Waals surface area contributed by atoms with Gasteiger partial charge in [0, 0.05) is 37.1 Å². The van der Waals surface area contributed by atoms with Crippen LogP contribution in [0.25, 0.3) is 0 Å². The van der Waals surface area contributed by atoms with Gasteiger partial charge in [-0.15, -0.1) is 0 Å². The number of carbonyl (C=O) groups excluding carboxylic acids is 1. The molecule has 3 rings (SSSR count). The first-order chi connectivity index (χ1) is 12.7. The van der Waals surface area contributed by atoms with Gasteiger partial charge in [-0.05, 0) is 24.3 Å². The van der Waals surface area contributed by atoms with E-state index in [1.165, 1.54) is 11.8 Å². The van der Waals surface area contributed by atoms with E-state index in [-0.39, 0.29) is 35.6 Å². The highest BCUT2D eigenvalue weighted by atomic mass is 32.2. The summed E-state index contributed by atoms with van der Waals surface area (Å²) >= 11 is 1.28. The number of carbonyl (C=O) groups is 2. The molecule has 2 heterocycles. The molecule has 146 valence electrons. The van der Waals surface area contributed by atoms with Gasteiger partial charge >= 0.3 is 5.97 Å². The number of rotatable bonds is 5. The molecule has 0 spiro atoms. The molecule has 2 aliphatic heterocycles. The van der Waals surface area contributed by atoms with E-state index in [0.717, 1.165) is 11.4 Å². The van der Waals surface area contributed by atoms with Crippen LogP contribution in [-0.4, -0.2) is 67.5 Å². The molecule has 0 aromatic heterocycles. The second-order valence-corrected chi connectivity index (χ2v) is 10.1. The van der Waals surface area contributed by atoms with Crippen molar-refractivity contribution >= 4 is 50.0 Å². The maximum absolute atomic E-state index is 12.1. The Hall–Kier alpha value is -2.07. The molecule has 1 amide bonds. The number of anilines is 2. The highest BCUT2D eigenvalue weighted by molar-refractivity contribution is 8.16. The van der Waals surface area contributed by atoms with E-state index >= 15 is 0 Å². The molecule has 2 saturated heterocycles. The van der Waals surface area contributed by atoms with Gasteiger partial charge < -0.3 is 14.9 Å². The van der Waals surface area contributed by atoms with Crippen molar-refractivity contribution in [2.75, 3.05) is 35.4 Å². The second kappa shape index (κ2) is 7.51. The topological polar surface area (TPSA) is 107 Å². The Morgan fingerprint density at radius 3 is 2.48 bits per heavy atom. The minimum absolute atomic E-state index is 0.0163. The van der Waals surface area contributed by atoms with Crippen LogP contribution < -0.4 is 9.80 Å². The Morgan fingerprint density at radius 2 is 1.89 bits per heavy atom. The fraction of sp³-hybridized carbons (Fsp3) is 0.471. The van der Waals surface area contributed by atoms with E-state index in [9.17, 15) is 18.0 Å². The van der Waals surface area contributed by atoms with Crippen LogP contribution in [0.4, 0.5) is 11.4 Å². The lowest BCUT2D eigenvalue weighted by molar-refractivity contribution is -0.138. The van der Waals surface area contributed by atoms with Crippen molar-refractivity contribution in [3.05, 3.63) is 24.3 Å². The molecule has 1 aromatic rings. The van der Waals surface area contributed by atoms with E-state index in [1.54, 1.807) is 4.90 Å². The molecule has 1 aromatic carbocycles. The van der Waals surface area contributed by atoms with Crippen LogP contribution in [0.1, 0.15) is 12.8 Å². The molecule has 27 heavy (non-hydrogen) atoms. The molecular formula is C17H21N3O5S2. The average molecular weight is 412 g/mol. The number of benzene rings is 1. The van der Waals surface area contributed by atoms with Crippen LogP contribution in [0, 0.1) is 0 Å². The Bertz CT molecular complexity index is 880. The summed E-state index contributed by atoms with van der Waals surface area (Å²) in [7, 11) is 0.720. The molecule has 10 heteroatoms. The number of fused-ring (bicyclic) bond motifs is 1. The Labute approximate surface area is 162 Å². The number of hydrogen-bond donors (Lipinski definition) is 1. The van der Waals surface area contributed by atoms with Gasteiger partial charge in [-0.1, -0.05) is 11.8 Å². The highest BCUT2D eigenvalue weighted by Crippen LogP contribution is 2.41. The number of amides is 1. The quantitative estimate of drug-likeness (QED) is 0.771. The summed E-state index contributed by atoms with van der Waals surface area (Å²) in [6, 6.07) is 7.30. The average Bonchev–Trinajstić information content (AvgIpc) is 3.03. The van der Waals surface area contributed by atoms with Crippen molar-refractivity contribution in [3.63, 3.8) is 0 Å². The first kappa shape index (κ1) is 19.7. The third kappa shape index (κ3) is 4.44. The SMILES string of the molecule is CN(C)c1ccc(N2C(=NC(=O)CCC(=O)O)S[C@@H]3CS(=O)(=O)C[C@H]32)cc1. The minimum atomic E-state index is -3.13. The third-order valence-electron chi connectivity index (χ3n) is 4.48. The summed E-state index contributed by atoms with van der Waals surface area (Å²) in [6.45, 7) is 0. The van der Waals surface area contributed by atoms with Gasteiger partial charge in [0.2, 0.25) is 5.91 Å². The Morgan fingerprint density at radius 1 is 1.22 bits per heavy atom. The van der Waals surface area contributed by atoms with Gasteiger partial charge in [-0.2, -0.15) is 4.99 Å². The number of thioether (sulfide) groups is 1. The molecule has 2 aliphatic rings. The summed E-state index contributed by atoms with van der Waals surface area (Å²) in [5.41, 5.74) is 1.76. The molecule has 0 bridgehead atoms. The summed E-state index contributed by atoms with van der Waals surface area (Å²) in [6.07, 6.45) is -0.459. The van der Waals surface area contributed by atoms with Crippen LogP contribution in [0.2, 0.25) is 0 Å². The number of nitrogens with zero attached hydrogens (tertiary/aromatic N) is 3. The second-order valence-electron chi connectivity index (χ2n) is 6.76. The monoisotopic (exact) mass is 411 g/mol. The van der Waals surface area contributed by atoms with Crippen molar-refractivity contribution in [1.29, 1.82) is 0 Å². The normalized spacial score (nSPS) is 24.8. The van der Waals surface area contributed by atoms with Gasteiger partial charge in [0.05, 0.1) is 24.0 Å². The van der Waals surface area contributed by atoms with E-state index in [4.69, 9.17) is 5.11 Å². The van der Waals surface area contributed by atoms with E-state index in [0.29, 0.717) is 5.17 Å². The maximum Gasteiger partial charge on any atom is 0.303 e. The zero-order valence-electron chi connectivity index (χ0n) is 15.0. The molecule has 0 radical (unpaired) electrons. The molecule has 0 aliphatic carbocycles. The molecule has 0 saturated carbocycles. The Kier molecular flexibility index (Phi) is 5.48. The number of hydrogen-bond acceptors (Lipinski definition) is 6. The number of carboxylic acid groups (broad SMARTS) is 1. The number of carboxylic acids is 1. The van der Waals surface area contributed by atoms with Crippen LogP contribution in [0.5, 0.6) is 0 Å². The highest BCUT2D eigenvalue weighted by Gasteiger charge is 2.49. The summed E-state index contributed by atoms with van der Waals surface area (Å²) in [5.74, 6) is -1.50. The van der Waals surface area contributed by atoms with Gasteiger partial charge in [0.25, 0.3) is 0 Å². The van der Waals surface area contributed by atoms with Crippen LogP contribution in [-0.2, 0) is 19.4 Å². The molecule has 8 nitrogen and oxygen atoms in total. The largest absolute Gasteiger partial charge is 0.481 e. The molecule has 2 atom stereocenters. The minimum Gasteiger partial charge on any atom is -0.481 e.